The summed E-state index contributed by atoms with van der Waals surface area (Å²) in [6.45, 7) is 5.76. The van der Waals surface area contributed by atoms with Crippen LogP contribution in [0.15, 0.2) is 12.3 Å². The van der Waals surface area contributed by atoms with E-state index in [9.17, 15) is 4.79 Å². The molecular formula is C14H17N3O2S. The number of nitrogens with zero attached hydrogens (tertiary/aromatic N) is 2. The Labute approximate surface area is 121 Å². The van der Waals surface area contributed by atoms with Crippen LogP contribution in [0, 0.1) is 6.92 Å². The summed E-state index contributed by atoms with van der Waals surface area (Å²) in [7, 11) is 0. The molecule has 0 aromatic carbocycles. The van der Waals surface area contributed by atoms with Crippen molar-refractivity contribution in [3.05, 3.63) is 22.7 Å². The van der Waals surface area contributed by atoms with Crippen molar-refractivity contribution >= 4 is 33.1 Å². The number of morpholine rings is 1. The molecule has 5 nitrogen and oxygen atoms in total. The molecule has 1 fully saturated rings. The minimum atomic E-state index is -0.0138. The fourth-order valence-corrected chi connectivity index (χ4v) is 3.62. The van der Waals surface area contributed by atoms with Gasteiger partial charge in [0.1, 0.15) is 9.71 Å². The molecule has 2 N–H and O–H groups in total. The number of rotatable bonds is 1. The minimum absolute atomic E-state index is 0.0138. The average molecular weight is 291 g/mol. The second-order valence-electron chi connectivity index (χ2n) is 5.09. The first kappa shape index (κ1) is 13.3. The van der Waals surface area contributed by atoms with Gasteiger partial charge >= 0.3 is 0 Å². The largest absolute Gasteiger partial charge is 0.397 e. The third-order valence-corrected chi connectivity index (χ3v) is 4.66. The number of amides is 1. The van der Waals surface area contributed by atoms with E-state index in [1.54, 1.807) is 6.20 Å². The Morgan fingerprint density at radius 1 is 1.60 bits per heavy atom. The zero-order valence-corrected chi connectivity index (χ0v) is 12.4. The summed E-state index contributed by atoms with van der Waals surface area (Å²) in [5.41, 5.74) is 7.78. The minimum Gasteiger partial charge on any atom is -0.397 e. The number of nitrogen functional groups attached to an aromatic ring is 1. The molecule has 0 saturated carbocycles. The average Bonchev–Trinajstić information content (AvgIpc) is 2.76. The number of aromatic nitrogens is 1. The number of fused-ring (bicyclic) bond motifs is 1. The van der Waals surface area contributed by atoms with Crippen LogP contribution in [-0.4, -0.2) is 41.6 Å². The molecule has 0 aliphatic carbocycles. The van der Waals surface area contributed by atoms with E-state index in [0.29, 0.717) is 30.3 Å². The van der Waals surface area contributed by atoms with Gasteiger partial charge in [0.05, 0.1) is 18.4 Å². The molecule has 3 heterocycles. The third-order valence-electron chi connectivity index (χ3n) is 3.56. The molecule has 6 heteroatoms. The number of ether oxygens (including phenoxy) is 1. The maximum atomic E-state index is 12.6. The van der Waals surface area contributed by atoms with Crippen molar-refractivity contribution < 1.29 is 9.53 Å². The monoisotopic (exact) mass is 291 g/mol. The van der Waals surface area contributed by atoms with Gasteiger partial charge in [-0.05, 0) is 25.5 Å². The van der Waals surface area contributed by atoms with Crippen LogP contribution in [0.5, 0.6) is 0 Å². The smallest absolute Gasteiger partial charge is 0.266 e. The summed E-state index contributed by atoms with van der Waals surface area (Å²) < 4.78 is 5.47. The number of carbonyl (C=O) groups excluding carboxylic acids is 1. The van der Waals surface area contributed by atoms with E-state index >= 15 is 0 Å². The highest BCUT2D eigenvalue weighted by Gasteiger charge is 2.26. The fraction of sp³-hybridized carbons (Fsp3) is 0.429. The Morgan fingerprint density at radius 3 is 3.10 bits per heavy atom. The van der Waals surface area contributed by atoms with E-state index in [-0.39, 0.29) is 12.0 Å². The van der Waals surface area contributed by atoms with Crippen LogP contribution in [0.1, 0.15) is 22.2 Å². The van der Waals surface area contributed by atoms with Crippen molar-refractivity contribution in [3.63, 3.8) is 0 Å². The number of nitrogens with two attached hydrogens (primary N) is 1. The first-order valence-electron chi connectivity index (χ1n) is 6.62. The highest BCUT2D eigenvalue weighted by atomic mass is 32.1. The molecule has 0 radical (unpaired) electrons. The lowest BCUT2D eigenvalue weighted by atomic mass is 10.1. The van der Waals surface area contributed by atoms with Gasteiger partial charge in [-0.3, -0.25) is 4.79 Å². The molecule has 2 aromatic rings. The molecule has 1 atom stereocenters. The zero-order valence-electron chi connectivity index (χ0n) is 11.5. The molecule has 1 aliphatic heterocycles. The summed E-state index contributed by atoms with van der Waals surface area (Å²) in [6.07, 6.45) is 1.82. The van der Waals surface area contributed by atoms with Crippen LogP contribution >= 0.6 is 11.3 Å². The van der Waals surface area contributed by atoms with Crippen LogP contribution in [0.25, 0.3) is 10.2 Å². The molecule has 3 rings (SSSR count). The van der Waals surface area contributed by atoms with E-state index in [2.05, 4.69) is 4.98 Å². The first-order chi connectivity index (χ1) is 9.58. The molecule has 1 saturated heterocycles. The zero-order chi connectivity index (χ0) is 14.3. The number of anilines is 1. The van der Waals surface area contributed by atoms with Crippen molar-refractivity contribution in [2.24, 2.45) is 0 Å². The Hall–Kier alpha value is -1.66. The SMILES string of the molecule is Cc1ccnc2sc(C(=O)N3CCOC(C)C3)c(N)c12. The lowest BCUT2D eigenvalue weighted by Gasteiger charge is -2.30. The molecule has 1 amide bonds. The highest BCUT2D eigenvalue weighted by Crippen LogP contribution is 2.35. The number of aryl methyl sites for hydroxylation is 1. The fourth-order valence-electron chi connectivity index (χ4n) is 2.51. The molecule has 0 spiro atoms. The van der Waals surface area contributed by atoms with E-state index in [0.717, 1.165) is 15.8 Å². The van der Waals surface area contributed by atoms with Gasteiger partial charge in [-0.1, -0.05) is 0 Å². The number of hydrogen-bond donors (Lipinski definition) is 1. The summed E-state index contributed by atoms with van der Waals surface area (Å²) in [4.78, 5) is 20.2. The Balaban J connectivity index is 1.99. The summed E-state index contributed by atoms with van der Waals surface area (Å²) >= 11 is 1.37. The van der Waals surface area contributed by atoms with Gasteiger partial charge in [0.25, 0.3) is 5.91 Å². The van der Waals surface area contributed by atoms with Crippen molar-refractivity contribution in [1.29, 1.82) is 0 Å². The predicted octanol–water partition coefficient (Wildman–Crippen LogP) is 2.05. The van der Waals surface area contributed by atoms with Crippen LogP contribution < -0.4 is 5.73 Å². The molecule has 0 bridgehead atoms. The second-order valence-corrected chi connectivity index (χ2v) is 6.08. The molecule has 20 heavy (non-hydrogen) atoms. The summed E-state index contributed by atoms with van der Waals surface area (Å²) in [5, 5.41) is 0.905. The van der Waals surface area contributed by atoms with Gasteiger partial charge in [-0.2, -0.15) is 0 Å². The van der Waals surface area contributed by atoms with Gasteiger partial charge in [0.15, 0.2) is 0 Å². The number of thiophene rings is 1. The number of hydrogen-bond acceptors (Lipinski definition) is 5. The first-order valence-corrected chi connectivity index (χ1v) is 7.44. The molecule has 106 valence electrons. The van der Waals surface area contributed by atoms with Crippen LogP contribution in [0.4, 0.5) is 5.69 Å². The van der Waals surface area contributed by atoms with Crippen molar-refractivity contribution in [2.75, 3.05) is 25.4 Å². The lowest BCUT2D eigenvalue weighted by molar-refractivity contribution is -0.0122. The van der Waals surface area contributed by atoms with Gasteiger partial charge in [-0.15, -0.1) is 11.3 Å². The van der Waals surface area contributed by atoms with E-state index in [1.807, 2.05) is 24.8 Å². The normalized spacial score (nSPS) is 19.5. The summed E-state index contributed by atoms with van der Waals surface area (Å²) in [6, 6.07) is 1.91. The standard InChI is InChI=1S/C14H17N3O2S/c1-8-3-4-16-13-10(8)11(15)12(20-13)14(18)17-5-6-19-9(2)7-17/h3-4,9H,5-7,15H2,1-2H3. The number of carbonyl (C=O) groups is 1. The predicted molar refractivity (Wildman–Crippen MR) is 80.1 cm³/mol. The molecule has 1 unspecified atom stereocenters. The molecule has 1 aliphatic rings. The lowest BCUT2D eigenvalue weighted by Crippen LogP contribution is -2.44. The van der Waals surface area contributed by atoms with Crippen molar-refractivity contribution in [1.82, 2.24) is 9.88 Å². The molecule has 2 aromatic heterocycles. The summed E-state index contributed by atoms with van der Waals surface area (Å²) in [5.74, 6) is -0.0138. The number of pyridine rings is 1. The Kier molecular flexibility index (Phi) is 3.35. The van der Waals surface area contributed by atoms with Crippen molar-refractivity contribution in [3.8, 4) is 0 Å². The van der Waals surface area contributed by atoms with Gasteiger partial charge < -0.3 is 15.4 Å². The van der Waals surface area contributed by atoms with Gasteiger partial charge in [0, 0.05) is 24.7 Å². The second kappa shape index (κ2) is 5.03. The molecular weight excluding hydrogens is 274 g/mol. The maximum Gasteiger partial charge on any atom is 0.266 e. The quantitative estimate of drug-likeness (QED) is 0.873. The van der Waals surface area contributed by atoms with Crippen molar-refractivity contribution in [2.45, 2.75) is 20.0 Å². The Bertz CT molecular complexity index is 668. The maximum absolute atomic E-state index is 12.6. The van der Waals surface area contributed by atoms with Gasteiger partial charge in [0.2, 0.25) is 0 Å². The van der Waals surface area contributed by atoms with Crippen LogP contribution in [-0.2, 0) is 4.74 Å². The van der Waals surface area contributed by atoms with E-state index < -0.39 is 0 Å². The highest BCUT2D eigenvalue weighted by molar-refractivity contribution is 7.21. The van der Waals surface area contributed by atoms with Gasteiger partial charge in [-0.25, -0.2) is 4.98 Å². The van der Waals surface area contributed by atoms with E-state index in [1.165, 1.54) is 11.3 Å². The van der Waals surface area contributed by atoms with Crippen LogP contribution in [0.2, 0.25) is 0 Å². The topological polar surface area (TPSA) is 68.5 Å². The van der Waals surface area contributed by atoms with E-state index in [4.69, 9.17) is 10.5 Å². The third kappa shape index (κ3) is 2.14. The Morgan fingerprint density at radius 2 is 2.40 bits per heavy atom. The van der Waals surface area contributed by atoms with Crippen LogP contribution in [0.3, 0.4) is 0 Å².